The van der Waals surface area contributed by atoms with Gasteiger partial charge in [0.1, 0.15) is 0 Å². The first-order chi connectivity index (χ1) is 4.41. The van der Waals surface area contributed by atoms with Crippen LogP contribution in [0.2, 0.25) is 0 Å². The minimum Gasteiger partial charge on any atom is -0.312 e. The third-order valence-corrected chi connectivity index (χ3v) is 1.31. The maximum Gasteiger partial charge on any atom is 0.368 e. The Balaban J connectivity index is 2.56. The van der Waals surface area contributed by atoms with E-state index in [1.165, 1.54) is 0 Å². The van der Waals surface area contributed by atoms with Crippen molar-refractivity contribution in [2.24, 2.45) is 0 Å². The summed E-state index contributed by atoms with van der Waals surface area (Å²) in [5.74, 6) is 0. The Hall–Kier alpha value is -0.220. The Morgan fingerprint density at radius 2 is 1.90 bits per heavy atom. The molecule has 1 rings (SSSR count). The van der Waals surface area contributed by atoms with Gasteiger partial charge in [-0.1, -0.05) is 0 Å². The number of rotatable bonds is 0. The normalized spacial score (nSPS) is 30.0. The van der Waals surface area contributed by atoms with Gasteiger partial charge in [-0.15, -0.1) is 0 Å². The second kappa shape index (κ2) is 2.13. The highest BCUT2D eigenvalue weighted by Gasteiger charge is 2.41. The fourth-order valence-corrected chi connectivity index (χ4v) is 0.985. The lowest BCUT2D eigenvalue weighted by Gasteiger charge is -2.35. The number of ether oxygens (including phenoxy) is 1. The topological polar surface area (TPSA) is 21.3 Å². The molecule has 0 aromatic heterocycles. The molecule has 4 heteroatoms. The molecule has 10 heavy (non-hydrogen) atoms. The molecule has 0 atom stereocenters. The lowest BCUT2D eigenvalue weighted by Crippen LogP contribution is -2.53. The van der Waals surface area contributed by atoms with Crippen LogP contribution in [0.1, 0.15) is 13.8 Å². The van der Waals surface area contributed by atoms with Crippen molar-refractivity contribution in [2.75, 3.05) is 13.1 Å². The van der Waals surface area contributed by atoms with Gasteiger partial charge in [0.05, 0.1) is 12.1 Å². The van der Waals surface area contributed by atoms with Crippen molar-refractivity contribution >= 4 is 0 Å². The Bertz CT molecular complexity index is 122. The summed E-state index contributed by atoms with van der Waals surface area (Å²) in [4.78, 5) is 0. The molecule has 0 unspecified atom stereocenters. The molecule has 1 saturated heterocycles. The van der Waals surface area contributed by atoms with E-state index in [1.54, 1.807) is 13.8 Å². The zero-order valence-corrected chi connectivity index (χ0v) is 6.08. The first-order valence-electron chi connectivity index (χ1n) is 3.20. The van der Waals surface area contributed by atoms with Crippen LogP contribution in [-0.4, -0.2) is 24.8 Å². The molecule has 1 fully saturated rings. The second-order valence-electron chi connectivity index (χ2n) is 3.10. The van der Waals surface area contributed by atoms with Crippen molar-refractivity contribution in [3.8, 4) is 0 Å². The molecule has 0 aromatic carbocycles. The lowest BCUT2D eigenvalue weighted by atomic mass is 10.1. The van der Waals surface area contributed by atoms with E-state index < -0.39 is 11.7 Å². The number of halogens is 2. The van der Waals surface area contributed by atoms with E-state index in [-0.39, 0.29) is 6.54 Å². The van der Waals surface area contributed by atoms with Crippen LogP contribution >= 0.6 is 0 Å². The molecule has 0 amide bonds. The summed E-state index contributed by atoms with van der Waals surface area (Å²) < 4.78 is 29.3. The molecule has 1 N–H and O–H groups in total. The van der Waals surface area contributed by atoms with E-state index in [0.29, 0.717) is 6.54 Å². The summed E-state index contributed by atoms with van der Waals surface area (Å²) in [6.45, 7) is 3.36. The molecule has 0 radical (unpaired) electrons. The van der Waals surface area contributed by atoms with Gasteiger partial charge in [0.25, 0.3) is 0 Å². The fraction of sp³-hybridized carbons (Fsp3) is 1.00. The van der Waals surface area contributed by atoms with Gasteiger partial charge in [-0.2, -0.15) is 8.78 Å². The zero-order chi connectivity index (χ0) is 7.83. The smallest absolute Gasteiger partial charge is 0.312 e. The summed E-state index contributed by atoms with van der Waals surface area (Å²) in [6, 6.07) is 0. The van der Waals surface area contributed by atoms with Crippen molar-refractivity contribution in [1.29, 1.82) is 0 Å². The van der Waals surface area contributed by atoms with E-state index in [4.69, 9.17) is 0 Å². The molecule has 60 valence electrons. The molecule has 0 aliphatic carbocycles. The Morgan fingerprint density at radius 1 is 1.30 bits per heavy atom. The van der Waals surface area contributed by atoms with E-state index in [0.717, 1.165) is 0 Å². The number of morpholine rings is 1. The van der Waals surface area contributed by atoms with Gasteiger partial charge in [-0.05, 0) is 13.8 Å². The number of hydrogen-bond donors (Lipinski definition) is 1. The second-order valence-corrected chi connectivity index (χ2v) is 3.10. The van der Waals surface area contributed by atoms with Crippen LogP contribution in [-0.2, 0) is 4.74 Å². The monoisotopic (exact) mass is 151 g/mol. The van der Waals surface area contributed by atoms with Crippen molar-refractivity contribution < 1.29 is 13.5 Å². The molecule has 0 aromatic rings. The largest absolute Gasteiger partial charge is 0.368 e. The summed E-state index contributed by atoms with van der Waals surface area (Å²) >= 11 is 0. The van der Waals surface area contributed by atoms with E-state index in [9.17, 15) is 8.78 Å². The average Bonchev–Trinajstić information content (AvgIpc) is 1.56. The van der Waals surface area contributed by atoms with Crippen LogP contribution in [0.25, 0.3) is 0 Å². The van der Waals surface area contributed by atoms with E-state index in [2.05, 4.69) is 10.1 Å². The molecule has 0 bridgehead atoms. The van der Waals surface area contributed by atoms with Gasteiger partial charge in [0.15, 0.2) is 0 Å². The van der Waals surface area contributed by atoms with Crippen LogP contribution < -0.4 is 5.32 Å². The van der Waals surface area contributed by atoms with Crippen LogP contribution in [0.5, 0.6) is 0 Å². The number of nitrogens with one attached hydrogen (secondary N) is 1. The minimum atomic E-state index is -3.00. The van der Waals surface area contributed by atoms with Gasteiger partial charge in [-0.3, -0.25) is 0 Å². The van der Waals surface area contributed by atoms with Crippen molar-refractivity contribution in [3.63, 3.8) is 0 Å². The van der Waals surface area contributed by atoms with Crippen LogP contribution in [0.3, 0.4) is 0 Å². The maximum atomic E-state index is 12.4. The third-order valence-electron chi connectivity index (χ3n) is 1.31. The quantitative estimate of drug-likeness (QED) is 0.557. The summed E-state index contributed by atoms with van der Waals surface area (Å²) in [6.07, 6.45) is -3.00. The van der Waals surface area contributed by atoms with Crippen LogP contribution in [0, 0.1) is 0 Å². The Morgan fingerprint density at radius 3 is 2.20 bits per heavy atom. The summed E-state index contributed by atoms with van der Waals surface area (Å²) in [7, 11) is 0. The van der Waals surface area contributed by atoms with E-state index >= 15 is 0 Å². The van der Waals surface area contributed by atoms with Gasteiger partial charge in [-0.25, -0.2) is 0 Å². The molecule has 1 aliphatic heterocycles. The van der Waals surface area contributed by atoms with Crippen molar-refractivity contribution in [1.82, 2.24) is 5.32 Å². The molecule has 0 saturated carbocycles. The first-order valence-corrected chi connectivity index (χ1v) is 3.20. The maximum absolute atomic E-state index is 12.4. The van der Waals surface area contributed by atoms with Crippen LogP contribution in [0.4, 0.5) is 8.78 Å². The van der Waals surface area contributed by atoms with E-state index in [1.807, 2.05) is 0 Å². The highest BCUT2D eigenvalue weighted by Crippen LogP contribution is 2.25. The number of alkyl halides is 2. The molecule has 2 nitrogen and oxygen atoms in total. The van der Waals surface area contributed by atoms with Crippen molar-refractivity contribution in [2.45, 2.75) is 25.6 Å². The molecular formula is C6H11F2NO. The SMILES string of the molecule is CC1(C)CNCC(F)(F)O1. The fourth-order valence-electron chi connectivity index (χ4n) is 0.985. The zero-order valence-electron chi connectivity index (χ0n) is 6.08. The van der Waals surface area contributed by atoms with Gasteiger partial charge in [0.2, 0.25) is 0 Å². The average molecular weight is 151 g/mol. The highest BCUT2D eigenvalue weighted by molar-refractivity contribution is 4.80. The molecule has 1 heterocycles. The minimum absolute atomic E-state index is 0.379. The Labute approximate surface area is 58.6 Å². The first kappa shape index (κ1) is 7.88. The van der Waals surface area contributed by atoms with Gasteiger partial charge >= 0.3 is 6.11 Å². The third kappa shape index (κ3) is 1.88. The molecule has 1 aliphatic rings. The predicted molar refractivity (Wildman–Crippen MR) is 33.0 cm³/mol. The summed E-state index contributed by atoms with van der Waals surface area (Å²) in [5, 5.41) is 2.59. The van der Waals surface area contributed by atoms with Gasteiger partial charge < -0.3 is 10.1 Å². The van der Waals surface area contributed by atoms with Crippen LogP contribution in [0.15, 0.2) is 0 Å². The molecular weight excluding hydrogens is 140 g/mol. The number of hydrogen-bond acceptors (Lipinski definition) is 2. The molecule has 0 spiro atoms. The van der Waals surface area contributed by atoms with Gasteiger partial charge in [0, 0.05) is 6.54 Å². The summed E-state index contributed by atoms with van der Waals surface area (Å²) in [5.41, 5.74) is -0.748. The predicted octanol–water partition coefficient (Wildman–Crippen LogP) is 0.978. The standard InChI is InChI=1S/C6H11F2NO/c1-5(2)3-9-4-6(7,8)10-5/h9H,3-4H2,1-2H3. The Kier molecular flexibility index (Phi) is 1.68. The highest BCUT2D eigenvalue weighted by atomic mass is 19.3. The van der Waals surface area contributed by atoms with Crippen molar-refractivity contribution in [3.05, 3.63) is 0 Å². The lowest BCUT2D eigenvalue weighted by molar-refractivity contribution is -0.299.